The van der Waals surface area contributed by atoms with Crippen LogP contribution in [-0.4, -0.2) is 15.0 Å². The standard InChI is InChI=1S/C19H14ClNO3S2/c20-15-8-11(7-13-14-9-21-6-5-16(14)24-19(13)15)26(22,23)18-10-25-17-4-2-1-3-12(17)18/h1-4,7-8,10,21H,5-6,9H2. The second kappa shape index (κ2) is 5.82. The van der Waals surface area contributed by atoms with Gasteiger partial charge in [-0.05, 0) is 18.2 Å². The van der Waals surface area contributed by atoms with Gasteiger partial charge in [0.2, 0.25) is 9.84 Å². The molecule has 0 atom stereocenters. The number of halogens is 1. The van der Waals surface area contributed by atoms with Gasteiger partial charge in [-0.3, -0.25) is 0 Å². The fourth-order valence-corrected chi connectivity index (χ4v) is 6.61. The minimum absolute atomic E-state index is 0.202. The minimum atomic E-state index is -3.68. The first-order valence-electron chi connectivity index (χ1n) is 8.21. The molecule has 2 aromatic carbocycles. The molecule has 4 nitrogen and oxygen atoms in total. The fraction of sp³-hybridized carbons (Fsp3) is 0.158. The molecule has 2 aromatic heterocycles. The smallest absolute Gasteiger partial charge is 0.208 e. The number of hydrogen-bond acceptors (Lipinski definition) is 5. The van der Waals surface area contributed by atoms with Gasteiger partial charge in [0, 0.05) is 45.9 Å². The van der Waals surface area contributed by atoms with Gasteiger partial charge in [0.25, 0.3) is 0 Å². The van der Waals surface area contributed by atoms with Gasteiger partial charge in [-0.25, -0.2) is 8.42 Å². The normalized spacial score (nSPS) is 14.8. The predicted octanol–water partition coefficient (Wildman–Crippen LogP) is 4.78. The first-order valence-corrected chi connectivity index (χ1v) is 11.0. The molecule has 0 aliphatic carbocycles. The molecule has 0 spiro atoms. The lowest BCUT2D eigenvalue weighted by atomic mass is 10.1. The van der Waals surface area contributed by atoms with E-state index in [1.54, 1.807) is 11.4 Å². The van der Waals surface area contributed by atoms with Crippen molar-refractivity contribution in [3.8, 4) is 0 Å². The molecular weight excluding hydrogens is 390 g/mol. The van der Waals surface area contributed by atoms with Crippen LogP contribution in [0.5, 0.6) is 0 Å². The van der Waals surface area contributed by atoms with Crippen molar-refractivity contribution in [3.05, 3.63) is 58.1 Å². The molecule has 5 rings (SSSR count). The lowest BCUT2D eigenvalue weighted by Crippen LogP contribution is -2.22. The summed E-state index contributed by atoms with van der Waals surface area (Å²) >= 11 is 7.82. The third kappa shape index (κ3) is 2.33. The van der Waals surface area contributed by atoms with Crippen LogP contribution in [0.1, 0.15) is 11.3 Å². The Hall–Kier alpha value is -1.86. The van der Waals surface area contributed by atoms with E-state index < -0.39 is 9.84 Å². The van der Waals surface area contributed by atoms with Gasteiger partial charge in [0.15, 0.2) is 5.58 Å². The SMILES string of the molecule is O=S(=O)(c1cc(Cl)c2oc3c(c2c1)CNCC3)c1csc2ccccc12. The van der Waals surface area contributed by atoms with Gasteiger partial charge in [-0.2, -0.15) is 0 Å². The van der Waals surface area contributed by atoms with E-state index >= 15 is 0 Å². The molecule has 26 heavy (non-hydrogen) atoms. The highest BCUT2D eigenvalue weighted by molar-refractivity contribution is 7.92. The molecule has 3 heterocycles. The Labute approximate surface area is 159 Å². The Balaban J connectivity index is 1.75. The van der Waals surface area contributed by atoms with Crippen LogP contribution < -0.4 is 5.32 Å². The summed E-state index contributed by atoms with van der Waals surface area (Å²) in [5.41, 5.74) is 1.56. The second-order valence-corrected chi connectivity index (χ2v) is 9.55. The van der Waals surface area contributed by atoms with E-state index in [1.165, 1.54) is 17.4 Å². The van der Waals surface area contributed by atoms with Crippen LogP contribution in [0.4, 0.5) is 0 Å². The van der Waals surface area contributed by atoms with Crippen LogP contribution in [0, 0.1) is 0 Å². The maximum absolute atomic E-state index is 13.3. The Kier molecular flexibility index (Phi) is 3.66. The number of thiophene rings is 1. The average Bonchev–Trinajstić information content (AvgIpc) is 3.24. The predicted molar refractivity (Wildman–Crippen MR) is 104 cm³/mol. The van der Waals surface area contributed by atoms with Crippen LogP contribution in [-0.2, 0) is 22.8 Å². The Morgan fingerprint density at radius 2 is 2.00 bits per heavy atom. The van der Waals surface area contributed by atoms with Gasteiger partial charge in [0.05, 0.1) is 14.8 Å². The molecule has 132 valence electrons. The quantitative estimate of drug-likeness (QED) is 0.523. The molecule has 1 aliphatic heterocycles. The molecule has 1 N–H and O–H groups in total. The summed E-state index contributed by atoms with van der Waals surface area (Å²) < 4.78 is 33.4. The number of benzene rings is 2. The van der Waals surface area contributed by atoms with Crippen molar-refractivity contribution in [1.82, 2.24) is 5.32 Å². The third-order valence-corrected chi connectivity index (χ3v) is 7.95. The van der Waals surface area contributed by atoms with Crippen LogP contribution in [0.2, 0.25) is 5.02 Å². The van der Waals surface area contributed by atoms with Crippen LogP contribution in [0.25, 0.3) is 21.1 Å². The van der Waals surface area contributed by atoms with E-state index in [2.05, 4.69) is 5.32 Å². The lowest BCUT2D eigenvalue weighted by molar-refractivity contribution is 0.500. The maximum atomic E-state index is 13.3. The van der Waals surface area contributed by atoms with Crippen molar-refractivity contribution in [2.75, 3.05) is 6.54 Å². The van der Waals surface area contributed by atoms with Gasteiger partial charge in [-0.15, -0.1) is 11.3 Å². The van der Waals surface area contributed by atoms with Gasteiger partial charge in [0.1, 0.15) is 5.76 Å². The third-order valence-electron chi connectivity index (χ3n) is 4.78. The Morgan fingerprint density at radius 3 is 2.88 bits per heavy atom. The van der Waals surface area contributed by atoms with Crippen molar-refractivity contribution in [1.29, 1.82) is 0 Å². The largest absolute Gasteiger partial charge is 0.459 e. The number of furan rings is 1. The summed E-state index contributed by atoms with van der Waals surface area (Å²) in [4.78, 5) is 0.525. The highest BCUT2D eigenvalue weighted by atomic mass is 35.5. The topological polar surface area (TPSA) is 59.3 Å². The highest BCUT2D eigenvalue weighted by Gasteiger charge is 2.26. The van der Waals surface area contributed by atoms with Crippen molar-refractivity contribution >= 4 is 53.8 Å². The van der Waals surface area contributed by atoms with Gasteiger partial charge < -0.3 is 9.73 Å². The number of rotatable bonds is 2. The van der Waals surface area contributed by atoms with E-state index in [4.69, 9.17) is 16.0 Å². The molecule has 0 saturated heterocycles. The number of fused-ring (bicyclic) bond motifs is 4. The first kappa shape index (κ1) is 16.3. The molecule has 0 radical (unpaired) electrons. The average molecular weight is 404 g/mol. The van der Waals surface area contributed by atoms with Gasteiger partial charge in [-0.1, -0.05) is 29.8 Å². The zero-order chi connectivity index (χ0) is 17.9. The summed E-state index contributed by atoms with van der Waals surface area (Å²) in [7, 11) is -3.68. The van der Waals surface area contributed by atoms with Crippen LogP contribution in [0.3, 0.4) is 0 Å². The summed E-state index contributed by atoms with van der Waals surface area (Å²) in [5.74, 6) is 0.885. The lowest BCUT2D eigenvalue weighted by Gasteiger charge is -2.11. The van der Waals surface area contributed by atoms with E-state index in [9.17, 15) is 8.42 Å². The van der Waals surface area contributed by atoms with E-state index in [-0.39, 0.29) is 4.90 Å². The monoisotopic (exact) mass is 403 g/mol. The minimum Gasteiger partial charge on any atom is -0.459 e. The molecule has 1 aliphatic rings. The van der Waals surface area contributed by atoms with E-state index in [1.807, 2.05) is 24.3 Å². The second-order valence-electron chi connectivity index (χ2n) is 6.31. The Bertz CT molecular complexity index is 1270. The first-order chi connectivity index (χ1) is 12.6. The van der Waals surface area contributed by atoms with Crippen LogP contribution >= 0.6 is 22.9 Å². The van der Waals surface area contributed by atoms with Crippen molar-refractivity contribution in [2.45, 2.75) is 22.8 Å². The molecular formula is C19H14ClNO3S2. The summed E-state index contributed by atoms with van der Waals surface area (Å²) in [5, 5.41) is 6.84. The summed E-state index contributed by atoms with van der Waals surface area (Å²) in [6, 6.07) is 10.7. The van der Waals surface area contributed by atoms with Gasteiger partial charge >= 0.3 is 0 Å². The zero-order valence-electron chi connectivity index (χ0n) is 13.6. The molecule has 0 fully saturated rings. The van der Waals surface area contributed by atoms with Crippen molar-refractivity contribution in [2.24, 2.45) is 0 Å². The summed E-state index contributed by atoms with van der Waals surface area (Å²) in [6.45, 7) is 1.50. The summed E-state index contributed by atoms with van der Waals surface area (Å²) in [6.07, 6.45) is 0.775. The van der Waals surface area contributed by atoms with E-state index in [0.29, 0.717) is 22.0 Å². The van der Waals surface area contributed by atoms with Crippen molar-refractivity contribution < 1.29 is 12.8 Å². The molecule has 4 aromatic rings. The molecule has 0 unspecified atom stereocenters. The maximum Gasteiger partial charge on any atom is 0.208 e. The number of sulfone groups is 1. The molecule has 0 saturated carbocycles. The highest BCUT2D eigenvalue weighted by Crippen LogP contribution is 2.38. The fourth-order valence-electron chi connectivity index (χ4n) is 3.49. The Morgan fingerprint density at radius 1 is 1.15 bits per heavy atom. The van der Waals surface area contributed by atoms with E-state index in [0.717, 1.165) is 39.8 Å². The zero-order valence-corrected chi connectivity index (χ0v) is 16.0. The van der Waals surface area contributed by atoms with Crippen molar-refractivity contribution in [3.63, 3.8) is 0 Å². The molecule has 0 amide bonds. The van der Waals surface area contributed by atoms with Crippen LogP contribution in [0.15, 0.2) is 56.0 Å². The molecule has 0 bridgehead atoms. The molecule has 7 heteroatoms. The number of hydrogen-bond donors (Lipinski definition) is 1. The number of nitrogens with one attached hydrogen (secondary N) is 1.